The van der Waals surface area contributed by atoms with Gasteiger partial charge in [-0.05, 0) is 19.9 Å². The van der Waals surface area contributed by atoms with E-state index in [-0.39, 0.29) is 5.78 Å². The summed E-state index contributed by atoms with van der Waals surface area (Å²) in [7, 11) is 0. The first kappa shape index (κ1) is 8.82. The number of rotatable bonds is 3. The third kappa shape index (κ3) is 2.97. The number of hydrogen-bond acceptors (Lipinski definition) is 2. The van der Waals surface area contributed by atoms with Crippen molar-refractivity contribution in [3.63, 3.8) is 0 Å². The zero-order valence-corrected chi connectivity index (χ0v) is 6.22. The molecule has 2 nitrogen and oxygen atoms in total. The van der Waals surface area contributed by atoms with Gasteiger partial charge in [-0.2, -0.15) is 0 Å². The standard InChI is InChI=1S/C8H11NO/c1-3-4-8(5-6-9)7(2)10/h3-6,9H,1-2H3/b4-3+,8-5+,9-6?. The lowest BCUT2D eigenvalue weighted by Crippen LogP contribution is -1.92. The van der Waals surface area contributed by atoms with E-state index in [4.69, 9.17) is 5.41 Å². The van der Waals surface area contributed by atoms with E-state index in [1.54, 1.807) is 12.2 Å². The molecule has 0 amide bonds. The van der Waals surface area contributed by atoms with Crippen LogP contribution in [-0.4, -0.2) is 12.0 Å². The minimum atomic E-state index is -0.0124. The number of carbonyl (C=O) groups is 1. The zero-order chi connectivity index (χ0) is 7.98. The highest BCUT2D eigenvalue weighted by Gasteiger charge is 1.94. The van der Waals surface area contributed by atoms with Crippen LogP contribution in [0.5, 0.6) is 0 Å². The van der Waals surface area contributed by atoms with Gasteiger partial charge >= 0.3 is 0 Å². The van der Waals surface area contributed by atoms with Gasteiger partial charge in [-0.1, -0.05) is 12.2 Å². The molecule has 10 heavy (non-hydrogen) atoms. The van der Waals surface area contributed by atoms with E-state index in [2.05, 4.69) is 0 Å². The average molecular weight is 137 g/mol. The molecule has 2 heteroatoms. The third-order valence-corrected chi connectivity index (χ3v) is 1.02. The van der Waals surface area contributed by atoms with Crippen molar-refractivity contribution in [1.29, 1.82) is 5.41 Å². The van der Waals surface area contributed by atoms with Crippen LogP contribution in [-0.2, 0) is 4.79 Å². The number of allylic oxidation sites excluding steroid dienone is 4. The van der Waals surface area contributed by atoms with Crippen LogP contribution in [0, 0.1) is 5.41 Å². The Kier molecular flexibility index (Phi) is 4.12. The highest BCUT2D eigenvalue weighted by Crippen LogP contribution is 1.96. The molecule has 0 aromatic rings. The summed E-state index contributed by atoms with van der Waals surface area (Å²) in [6.45, 7) is 3.32. The lowest BCUT2D eigenvalue weighted by atomic mass is 10.1. The maximum atomic E-state index is 10.7. The van der Waals surface area contributed by atoms with Crippen molar-refractivity contribution in [3.05, 3.63) is 23.8 Å². The maximum absolute atomic E-state index is 10.7. The highest BCUT2D eigenvalue weighted by atomic mass is 16.1. The Bertz CT molecular complexity index is 189. The predicted octanol–water partition coefficient (Wildman–Crippen LogP) is 1.73. The molecule has 1 N–H and O–H groups in total. The van der Waals surface area contributed by atoms with Crippen molar-refractivity contribution in [1.82, 2.24) is 0 Å². The van der Waals surface area contributed by atoms with Crippen LogP contribution in [0.15, 0.2) is 23.8 Å². The van der Waals surface area contributed by atoms with E-state index < -0.39 is 0 Å². The highest BCUT2D eigenvalue weighted by molar-refractivity contribution is 5.99. The van der Waals surface area contributed by atoms with Crippen molar-refractivity contribution in [2.24, 2.45) is 0 Å². The molecule has 0 aromatic carbocycles. The van der Waals surface area contributed by atoms with E-state index >= 15 is 0 Å². The SMILES string of the molecule is C/C=C/C(=C\C=N)C(C)=O. The first-order chi connectivity index (χ1) is 4.72. The van der Waals surface area contributed by atoms with E-state index in [1.165, 1.54) is 13.0 Å². The van der Waals surface area contributed by atoms with Gasteiger partial charge in [0, 0.05) is 11.8 Å². The number of hydrogen-bond donors (Lipinski definition) is 1. The van der Waals surface area contributed by atoms with Crippen molar-refractivity contribution in [2.45, 2.75) is 13.8 Å². The summed E-state index contributed by atoms with van der Waals surface area (Å²) in [6, 6.07) is 0. The third-order valence-electron chi connectivity index (χ3n) is 1.02. The van der Waals surface area contributed by atoms with Crippen LogP contribution in [0.2, 0.25) is 0 Å². The molecule has 0 aliphatic heterocycles. The molecular formula is C8H11NO. The van der Waals surface area contributed by atoms with Crippen molar-refractivity contribution < 1.29 is 4.79 Å². The number of ketones is 1. The smallest absolute Gasteiger partial charge is 0.159 e. The fourth-order valence-electron chi connectivity index (χ4n) is 0.560. The van der Waals surface area contributed by atoms with E-state index in [0.717, 1.165) is 6.21 Å². The number of nitrogens with one attached hydrogen (secondary N) is 1. The van der Waals surface area contributed by atoms with Crippen molar-refractivity contribution in [3.8, 4) is 0 Å². The normalized spacial score (nSPS) is 12.0. The Labute approximate surface area is 60.8 Å². The molecule has 0 unspecified atom stereocenters. The molecule has 0 rings (SSSR count). The predicted molar refractivity (Wildman–Crippen MR) is 42.4 cm³/mol. The van der Waals surface area contributed by atoms with Crippen LogP contribution in [0.3, 0.4) is 0 Å². The Morgan fingerprint density at radius 1 is 1.50 bits per heavy atom. The molecule has 0 saturated heterocycles. The van der Waals surface area contributed by atoms with E-state index in [9.17, 15) is 4.79 Å². The van der Waals surface area contributed by atoms with Gasteiger partial charge in [0.15, 0.2) is 5.78 Å². The van der Waals surface area contributed by atoms with Crippen LogP contribution in [0.1, 0.15) is 13.8 Å². The van der Waals surface area contributed by atoms with Gasteiger partial charge in [0.2, 0.25) is 0 Å². The molecule has 54 valence electrons. The maximum Gasteiger partial charge on any atom is 0.159 e. The lowest BCUT2D eigenvalue weighted by molar-refractivity contribution is -0.113. The summed E-state index contributed by atoms with van der Waals surface area (Å²) >= 11 is 0. The van der Waals surface area contributed by atoms with Crippen LogP contribution in [0.4, 0.5) is 0 Å². The number of Topliss-reactive ketones (excluding diaryl/α,β-unsaturated/α-hetero) is 1. The second-order valence-corrected chi connectivity index (χ2v) is 1.84. The second kappa shape index (κ2) is 4.68. The molecule has 0 aliphatic carbocycles. The first-order valence-corrected chi connectivity index (χ1v) is 3.06. The summed E-state index contributed by atoms with van der Waals surface area (Å²) in [5.74, 6) is -0.0124. The summed E-state index contributed by atoms with van der Waals surface area (Å²) in [5, 5.41) is 6.72. The van der Waals surface area contributed by atoms with Gasteiger partial charge < -0.3 is 5.41 Å². The van der Waals surface area contributed by atoms with E-state index in [0.29, 0.717) is 5.57 Å². The molecule has 0 spiro atoms. The van der Waals surface area contributed by atoms with Crippen molar-refractivity contribution in [2.75, 3.05) is 0 Å². The average Bonchev–Trinajstić information content (AvgIpc) is 1.87. The molecule has 0 saturated carbocycles. The Hall–Kier alpha value is -1.18. The van der Waals surface area contributed by atoms with Gasteiger partial charge in [0.1, 0.15) is 0 Å². The Morgan fingerprint density at radius 3 is 2.40 bits per heavy atom. The van der Waals surface area contributed by atoms with Crippen LogP contribution < -0.4 is 0 Å². The van der Waals surface area contributed by atoms with Gasteiger partial charge in [-0.15, -0.1) is 0 Å². The molecule has 0 radical (unpaired) electrons. The molecule has 0 aromatic heterocycles. The van der Waals surface area contributed by atoms with Gasteiger partial charge in [-0.3, -0.25) is 4.79 Å². The molecule has 0 atom stereocenters. The molecule has 0 bridgehead atoms. The summed E-state index contributed by atoms with van der Waals surface area (Å²) in [6.07, 6.45) is 6.04. The van der Waals surface area contributed by atoms with Crippen molar-refractivity contribution >= 4 is 12.0 Å². The second-order valence-electron chi connectivity index (χ2n) is 1.84. The Morgan fingerprint density at radius 2 is 2.10 bits per heavy atom. The van der Waals surface area contributed by atoms with Gasteiger partial charge in [0.05, 0.1) is 0 Å². The quantitative estimate of drug-likeness (QED) is 0.359. The minimum Gasteiger partial charge on any atom is -0.309 e. The molecule has 0 fully saturated rings. The summed E-state index contributed by atoms with van der Waals surface area (Å²) in [4.78, 5) is 10.7. The Balaban J connectivity index is 4.41. The largest absolute Gasteiger partial charge is 0.309 e. The van der Waals surface area contributed by atoms with Gasteiger partial charge in [-0.25, -0.2) is 0 Å². The molecule has 0 heterocycles. The summed E-state index contributed by atoms with van der Waals surface area (Å²) < 4.78 is 0. The molecular weight excluding hydrogens is 126 g/mol. The van der Waals surface area contributed by atoms with Crippen LogP contribution in [0.25, 0.3) is 0 Å². The zero-order valence-electron chi connectivity index (χ0n) is 6.22. The van der Waals surface area contributed by atoms with Crippen LogP contribution >= 0.6 is 0 Å². The lowest BCUT2D eigenvalue weighted by Gasteiger charge is -1.90. The van der Waals surface area contributed by atoms with Gasteiger partial charge in [0.25, 0.3) is 0 Å². The number of carbonyl (C=O) groups excluding carboxylic acids is 1. The monoisotopic (exact) mass is 137 g/mol. The minimum absolute atomic E-state index is 0.0124. The fourth-order valence-corrected chi connectivity index (χ4v) is 0.560. The van der Waals surface area contributed by atoms with E-state index in [1.807, 2.05) is 6.92 Å². The topological polar surface area (TPSA) is 40.9 Å². The first-order valence-electron chi connectivity index (χ1n) is 3.06. The fraction of sp³-hybridized carbons (Fsp3) is 0.250. The summed E-state index contributed by atoms with van der Waals surface area (Å²) in [5.41, 5.74) is 0.567. The molecule has 0 aliphatic rings.